The minimum absolute atomic E-state index is 0.158. The van der Waals surface area contributed by atoms with Gasteiger partial charge in [0, 0.05) is 31.0 Å². The molecule has 0 aromatic heterocycles. The molecule has 3 amide bonds. The van der Waals surface area contributed by atoms with E-state index in [0.29, 0.717) is 16.9 Å². The van der Waals surface area contributed by atoms with E-state index in [9.17, 15) is 14.0 Å². The lowest BCUT2D eigenvalue weighted by atomic mass is 10.2. The van der Waals surface area contributed by atoms with Crippen LogP contribution in [0.5, 0.6) is 0 Å². The van der Waals surface area contributed by atoms with Crippen LogP contribution in [-0.4, -0.2) is 30.9 Å². The Morgan fingerprint density at radius 1 is 0.955 bits per heavy atom. The molecule has 0 radical (unpaired) electrons. The Bertz CT molecular complexity index is 701. The fourth-order valence-electron chi connectivity index (χ4n) is 1.85. The van der Waals surface area contributed by atoms with Gasteiger partial charge in [-0.2, -0.15) is 0 Å². The summed E-state index contributed by atoms with van der Waals surface area (Å²) in [5.41, 5.74) is 1.29. The number of hydrogen-bond donors (Lipinski definition) is 2. The molecule has 0 atom stereocenters. The molecule has 0 heterocycles. The molecule has 0 aliphatic carbocycles. The molecule has 2 aromatic rings. The molecule has 0 saturated carbocycles. The number of nitrogens with zero attached hydrogens (tertiary/aromatic N) is 1. The summed E-state index contributed by atoms with van der Waals surface area (Å²) in [6, 6.07) is 11.7. The Kier molecular flexibility index (Phi) is 4.73. The van der Waals surface area contributed by atoms with Gasteiger partial charge in [0.1, 0.15) is 5.82 Å². The average Bonchev–Trinajstić information content (AvgIpc) is 2.46. The van der Waals surface area contributed by atoms with E-state index in [4.69, 9.17) is 0 Å². The van der Waals surface area contributed by atoms with Crippen LogP contribution in [0.15, 0.2) is 48.5 Å². The highest BCUT2D eigenvalue weighted by molar-refractivity contribution is 6.01. The monoisotopic (exact) mass is 301 g/mol. The molecule has 0 aliphatic heterocycles. The predicted octanol–water partition coefficient (Wildman–Crippen LogP) is 3.17. The quantitative estimate of drug-likeness (QED) is 0.914. The first-order valence-electron chi connectivity index (χ1n) is 6.61. The van der Waals surface area contributed by atoms with E-state index in [1.807, 2.05) is 0 Å². The summed E-state index contributed by atoms with van der Waals surface area (Å²) in [6.45, 7) is 0. The van der Waals surface area contributed by atoms with Gasteiger partial charge in [0.2, 0.25) is 0 Å². The molecule has 0 unspecified atom stereocenters. The zero-order valence-electron chi connectivity index (χ0n) is 12.3. The molecule has 6 heteroatoms. The Morgan fingerprint density at radius 3 is 2.14 bits per heavy atom. The summed E-state index contributed by atoms with van der Waals surface area (Å²) in [5.74, 6) is -0.592. The standard InChI is InChI=1S/C16H16FN3O2/c1-20(2)15(21)11-5-3-7-13(9-11)18-16(22)19-14-8-4-6-12(17)10-14/h3-10H,1-2H3,(H2,18,19,22). The molecular weight excluding hydrogens is 285 g/mol. The minimum atomic E-state index is -0.514. The highest BCUT2D eigenvalue weighted by Gasteiger charge is 2.09. The lowest BCUT2D eigenvalue weighted by molar-refractivity contribution is 0.0827. The maximum atomic E-state index is 13.0. The summed E-state index contributed by atoms with van der Waals surface area (Å²) in [6.07, 6.45) is 0. The average molecular weight is 301 g/mol. The number of amides is 3. The SMILES string of the molecule is CN(C)C(=O)c1cccc(NC(=O)Nc2cccc(F)c2)c1. The van der Waals surface area contributed by atoms with Crippen molar-refractivity contribution in [2.45, 2.75) is 0 Å². The molecule has 114 valence electrons. The molecule has 0 fully saturated rings. The van der Waals surface area contributed by atoms with Gasteiger partial charge < -0.3 is 15.5 Å². The van der Waals surface area contributed by atoms with Crippen molar-refractivity contribution in [3.05, 3.63) is 59.9 Å². The number of carbonyl (C=O) groups is 2. The summed E-state index contributed by atoms with van der Waals surface area (Å²) < 4.78 is 13.0. The Hall–Kier alpha value is -2.89. The molecule has 2 aromatic carbocycles. The normalized spacial score (nSPS) is 9.95. The minimum Gasteiger partial charge on any atom is -0.345 e. The lowest BCUT2D eigenvalue weighted by Crippen LogP contribution is -2.22. The van der Waals surface area contributed by atoms with Gasteiger partial charge in [-0.15, -0.1) is 0 Å². The van der Waals surface area contributed by atoms with Crippen molar-refractivity contribution >= 4 is 23.3 Å². The van der Waals surface area contributed by atoms with Gasteiger partial charge in [0.25, 0.3) is 5.91 Å². The largest absolute Gasteiger partial charge is 0.345 e. The number of halogens is 1. The summed E-state index contributed by atoms with van der Waals surface area (Å²) >= 11 is 0. The molecule has 0 bridgehead atoms. The van der Waals surface area contributed by atoms with Crippen molar-refractivity contribution in [2.75, 3.05) is 24.7 Å². The van der Waals surface area contributed by atoms with Crippen LogP contribution in [0.3, 0.4) is 0 Å². The van der Waals surface area contributed by atoms with Crippen molar-refractivity contribution in [3.8, 4) is 0 Å². The first-order valence-corrected chi connectivity index (χ1v) is 6.61. The molecule has 5 nitrogen and oxygen atoms in total. The summed E-state index contributed by atoms with van der Waals surface area (Å²) in [5, 5.41) is 5.12. The van der Waals surface area contributed by atoms with Crippen molar-refractivity contribution in [1.82, 2.24) is 4.90 Å². The maximum absolute atomic E-state index is 13.0. The van der Waals surface area contributed by atoms with Crippen molar-refractivity contribution in [3.63, 3.8) is 0 Å². The van der Waals surface area contributed by atoms with E-state index < -0.39 is 11.8 Å². The smallest absolute Gasteiger partial charge is 0.323 e. The second-order valence-corrected chi connectivity index (χ2v) is 4.87. The second kappa shape index (κ2) is 6.71. The number of urea groups is 1. The highest BCUT2D eigenvalue weighted by Crippen LogP contribution is 2.14. The van der Waals surface area contributed by atoms with Gasteiger partial charge in [-0.05, 0) is 36.4 Å². The zero-order valence-corrected chi connectivity index (χ0v) is 12.3. The van der Waals surface area contributed by atoms with E-state index in [1.54, 1.807) is 44.4 Å². The van der Waals surface area contributed by atoms with E-state index in [0.717, 1.165) is 0 Å². The Labute approximate surface area is 127 Å². The third kappa shape index (κ3) is 4.05. The fourth-order valence-corrected chi connectivity index (χ4v) is 1.85. The summed E-state index contributed by atoms with van der Waals surface area (Å²) in [7, 11) is 3.30. The number of benzene rings is 2. The van der Waals surface area contributed by atoms with Crippen LogP contribution in [0.4, 0.5) is 20.6 Å². The molecule has 2 N–H and O–H groups in total. The van der Waals surface area contributed by atoms with Gasteiger partial charge in [-0.25, -0.2) is 9.18 Å². The van der Waals surface area contributed by atoms with Gasteiger partial charge in [0.05, 0.1) is 0 Å². The zero-order chi connectivity index (χ0) is 16.1. The first-order chi connectivity index (χ1) is 10.5. The van der Waals surface area contributed by atoms with Gasteiger partial charge in [-0.3, -0.25) is 4.79 Å². The van der Waals surface area contributed by atoms with Crippen LogP contribution < -0.4 is 10.6 Å². The van der Waals surface area contributed by atoms with Crippen LogP contribution in [-0.2, 0) is 0 Å². The van der Waals surface area contributed by atoms with Crippen LogP contribution >= 0.6 is 0 Å². The Balaban J connectivity index is 2.06. The molecule has 2 rings (SSSR count). The molecular formula is C16H16FN3O2. The fraction of sp³-hybridized carbons (Fsp3) is 0.125. The maximum Gasteiger partial charge on any atom is 0.323 e. The third-order valence-corrected chi connectivity index (χ3v) is 2.86. The van der Waals surface area contributed by atoms with E-state index in [2.05, 4.69) is 10.6 Å². The van der Waals surface area contributed by atoms with Crippen molar-refractivity contribution < 1.29 is 14.0 Å². The first kappa shape index (κ1) is 15.5. The van der Waals surface area contributed by atoms with Crippen LogP contribution in [0.2, 0.25) is 0 Å². The van der Waals surface area contributed by atoms with Crippen LogP contribution in [0.1, 0.15) is 10.4 Å². The number of nitrogens with one attached hydrogen (secondary N) is 2. The Morgan fingerprint density at radius 2 is 1.55 bits per heavy atom. The topological polar surface area (TPSA) is 61.4 Å². The highest BCUT2D eigenvalue weighted by atomic mass is 19.1. The predicted molar refractivity (Wildman–Crippen MR) is 83.5 cm³/mol. The number of hydrogen-bond acceptors (Lipinski definition) is 2. The van der Waals surface area contributed by atoms with Crippen LogP contribution in [0.25, 0.3) is 0 Å². The molecule has 0 aliphatic rings. The molecule has 0 spiro atoms. The van der Waals surface area contributed by atoms with E-state index in [-0.39, 0.29) is 5.91 Å². The van der Waals surface area contributed by atoms with Gasteiger partial charge in [-0.1, -0.05) is 12.1 Å². The summed E-state index contributed by atoms with van der Waals surface area (Å²) in [4.78, 5) is 25.2. The number of rotatable bonds is 3. The second-order valence-electron chi connectivity index (χ2n) is 4.87. The lowest BCUT2D eigenvalue weighted by Gasteiger charge is -2.12. The van der Waals surface area contributed by atoms with Crippen LogP contribution in [0, 0.1) is 5.82 Å². The van der Waals surface area contributed by atoms with E-state index >= 15 is 0 Å². The number of carbonyl (C=O) groups excluding carboxylic acids is 2. The van der Waals surface area contributed by atoms with Gasteiger partial charge >= 0.3 is 6.03 Å². The third-order valence-electron chi connectivity index (χ3n) is 2.86. The van der Waals surface area contributed by atoms with Crippen molar-refractivity contribution in [2.24, 2.45) is 0 Å². The molecule has 22 heavy (non-hydrogen) atoms. The van der Waals surface area contributed by atoms with Gasteiger partial charge in [0.15, 0.2) is 0 Å². The van der Waals surface area contributed by atoms with E-state index in [1.165, 1.54) is 23.1 Å². The number of anilines is 2. The van der Waals surface area contributed by atoms with Crippen molar-refractivity contribution in [1.29, 1.82) is 0 Å². The molecule has 0 saturated heterocycles.